The van der Waals surface area contributed by atoms with E-state index in [-0.39, 0.29) is 17.8 Å². The molecule has 8 heteroatoms. The van der Waals surface area contributed by atoms with Crippen molar-refractivity contribution in [2.24, 2.45) is 0 Å². The molecule has 1 aromatic carbocycles. The van der Waals surface area contributed by atoms with Crippen molar-refractivity contribution >= 4 is 29.3 Å². The predicted molar refractivity (Wildman–Crippen MR) is 100 cm³/mol. The maximum Gasteiger partial charge on any atom is 0.316 e. The molecule has 0 saturated carbocycles. The van der Waals surface area contributed by atoms with E-state index in [1.807, 2.05) is 42.7 Å². The van der Waals surface area contributed by atoms with Crippen molar-refractivity contribution in [2.45, 2.75) is 31.7 Å². The molecular weight excluding hydrogens is 374 g/mol. The summed E-state index contributed by atoms with van der Waals surface area (Å²) in [6.07, 6.45) is 1.47. The number of carbonyl (C=O) groups excluding carboxylic acids is 1. The van der Waals surface area contributed by atoms with Crippen LogP contribution in [0.2, 0.25) is 5.02 Å². The molecule has 136 valence electrons. The van der Waals surface area contributed by atoms with Crippen LogP contribution in [0.3, 0.4) is 0 Å². The number of nitrogens with zero attached hydrogens (tertiary/aromatic N) is 3. The molecule has 3 rings (SSSR count). The first-order valence-corrected chi connectivity index (χ1v) is 9.43. The molecule has 0 bridgehead atoms. The highest BCUT2D eigenvalue weighted by Gasteiger charge is 2.17. The molecule has 2 heterocycles. The van der Waals surface area contributed by atoms with Gasteiger partial charge in [0.1, 0.15) is 5.76 Å². The zero-order valence-electron chi connectivity index (χ0n) is 14.4. The van der Waals surface area contributed by atoms with Crippen LogP contribution in [0.25, 0.3) is 11.4 Å². The Morgan fingerprint density at radius 1 is 1.27 bits per heavy atom. The van der Waals surface area contributed by atoms with Crippen molar-refractivity contribution in [1.82, 2.24) is 14.8 Å². The van der Waals surface area contributed by atoms with Crippen molar-refractivity contribution in [1.29, 1.82) is 0 Å². The lowest BCUT2D eigenvalue weighted by molar-refractivity contribution is -0.144. The first-order valence-electron chi connectivity index (χ1n) is 8.06. The molecule has 0 unspecified atom stereocenters. The smallest absolute Gasteiger partial charge is 0.316 e. The van der Waals surface area contributed by atoms with Crippen LogP contribution in [0.4, 0.5) is 0 Å². The van der Waals surface area contributed by atoms with Crippen molar-refractivity contribution in [3.8, 4) is 11.4 Å². The van der Waals surface area contributed by atoms with Gasteiger partial charge < -0.3 is 9.15 Å². The van der Waals surface area contributed by atoms with Crippen LogP contribution in [0, 0.1) is 0 Å². The normalized spacial score (nSPS) is 11.1. The number of benzene rings is 1. The maximum absolute atomic E-state index is 11.8. The SMILES string of the molecule is CC(C)OC(=O)CSc1nnc(-c2ccc(Cl)cc2)n1Cc1ccco1. The average Bonchev–Trinajstić information content (AvgIpc) is 3.24. The number of hydrogen-bond acceptors (Lipinski definition) is 6. The van der Waals surface area contributed by atoms with Gasteiger partial charge in [-0.05, 0) is 50.2 Å². The van der Waals surface area contributed by atoms with E-state index in [1.165, 1.54) is 11.8 Å². The molecule has 26 heavy (non-hydrogen) atoms. The van der Waals surface area contributed by atoms with Crippen molar-refractivity contribution in [2.75, 3.05) is 5.75 Å². The van der Waals surface area contributed by atoms with Gasteiger partial charge in [0, 0.05) is 10.6 Å². The van der Waals surface area contributed by atoms with Gasteiger partial charge in [0.25, 0.3) is 0 Å². The Balaban J connectivity index is 1.86. The van der Waals surface area contributed by atoms with E-state index in [0.717, 1.165) is 11.3 Å². The highest BCUT2D eigenvalue weighted by Crippen LogP contribution is 2.26. The predicted octanol–water partition coefficient (Wildman–Crippen LogP) is 4.28. The Hall–Kier alpha value is -2.25. The molecule has 0 aliphatic heterocycles. The lowest BCUT2D eigenvalue weighted by Gasteiger charge is -2.10. The minimum atomic E-state index is -0.286. The number of halogens is 1. The molecule has 0 fully saturated rings. The van der Waals surface area contributed by atoms with Gasteiger partial charge in [0.05, 0.1) is 24.7 Å². The molecule has 0 saturated heterocycles. The monoisotopic (exact) mass is 391 g/mol. The van der Waals surface area contributed by atoms with Gasteiger partial charge in [-0.15, -0.1) is 10.2 Å². The Morgan fingerprint density at radius 3 is 2.69 bits per heavy atom. The molecule has 0 amide bonds. The van der Waals surface area contributed by atoms with E-state index in [9.17, 15) is 4.79 Å². The number of hydrogen-bond donors (Lipinski definition) is 0. The van der Waals surface area contributed by atoms with Gasteiger partial charge in [-0.25, -0.2) is 0 Å². The second-order valence-corrected chi connectivity index (χ2v) is 7.18. The summed E-state index contributed by atoms with van der Waals surface area (Å²) in [6, 6.07) is 11.1. The molecule has 2 aromatic heterocycles. The molecule has 0 atom stereocenters. The number of aromatic nitrogens is 3. The Kier molecular flexibility index (Phi) is 6.00. The highest BCUT2D eigenvalue weighted by molar-refractivity contribution is 7.99. The third kappa shape index (κ3) is 4.68. The summed E-state index contributed by atoms with van der Waals surface area (Å²) < 4.78 is 12.5. The van der Waals surface area contributed by atoms with Crippen LogP contribution in [0.1, 0.15) is 19.6 Å². The number of furan rings is 1. The first kappa shape index (κ1) is 18.5. The largest absolute Gasteiger partial charge is 0.467 e. The molecule has 0 aliphatic rings. The number of ether oxygens (including phenoxy) is 1. The van der Waals surface area contributed by atoms with Gasteiger partial charge in [-0.2, -0.15) is 0 Å². The fourth-order valence-electron chi connectivity index (χ4n) is 2.33. The standard InChI is InChI=1S/C18H18ClN3O3S/c1-12(2)25-16(23)11-26-18-21-20-17(13-5-7-14(19)8-6-13)22(18)10-15-4-3-9-24-15/h3-9,12H,10-11H2,1-2H3. The molecule has 0 radical (unpaired) electrons. The lowest BCUT2D eigenvalue weighted by Crippen LogP contribution is -2.14. The lowest BCUT2D eigenvalue weighted by atomic mass is 10.2. The van der Waals surface area contributed by atoms with E-state index in [1.54, 1.807) is 18.4 Å². The van der Waals surface area contributed by atoms with Crippen molar-refractivity contribution < 1.29 is 13.9 Å². The fraction of sp³-hybridized carbons (Fsp3) is 0.278. The summed E-state index contributed by atoms with van der Waals surface area (Å²) in [5.41, 5.74) is 0.880. The second-order valence-electron chi connectivity index (χ2n) is 5.81. The molecule has 6 nitrogen and oxygen atoms in total. The second kappa shape index (κ2) is 8.42. The molecule has 0 spiro atoms. The van der Waals surface area contributed by atoms with Gasteiger partial charge in [-0.3, -0.25) is 9.36 Å². The zero-order valence-corrected chi connectivity index (χ0v) is 16.0. The van der Waals surface area contributed by atoms with Gasteiger partial charge in [0.2, 0.25) is 0 Å². The number of thioether (sulfide) groups is 1. The number of esters is 1. The third-order valence-electron chi connectivity index (χ3n) is 3.40. The third-order valence-corrected chi connectivity index (χ3v) is 4.59. The van der Waals surface area contributed by atoms with E-state index in [4.69, 9.17) is 20.8 Å². The van der Waals surface area contributed by atoms with Crippen LogP contribution in [-0.4, -0.2) is 32.6 Å². The Labute approximate surface area is 160 Å². The summed E-state index contributed by atoms with van der Waals surface area (Å²) in [4.78, 5) is 11.8. The summed E-state index contributed by atoms with van der Waals surface area (Å²) in [6.45, 7) is 4.10. The van der Waals surface area contributed by atoms with Crippen LogP contribution in [-0.2, 0) is 16.1 Å². The molecule has 0 aliphatic carbocycles. The molecular formula is C18H18ClN3O3S. The van der Waals surface area contributed by atoms with Crippen LogP contribution < -0.4 is 0 Å². The summed E-state index contributed by atoms with van der Waals surface area (Å²) in [5, 5.41) is 9.80. The molecule has 0 N–H and O–H groups in total. The average molecular weight is 392 g/mol. The first-order chi connectivity index (χ1) is 12.5. The summed E-state index contributed by atoms with van der Waals surface area (Å²) in [5.74, 6) is 1.32. The Morgan fingerprint density at radius 2 is 2.04 bits per heavy atom. The molecule has 3 aromatic rings. The zero-order chi connectivity index (χ0) is 18.5. The Bertz CT molecular complexity index is 860. The minimum absolute atomic E-state index is 0.145. The minimum Gasteiger partial charge on any atom is -0.467 e. The van der Waals surface area contributed by atoms with Crippen LogP contribution in [0.15, 0.2) is 52.2 Å². The van der Waals surface area contributed by atoms with E-state index >= 15 is 0 Å². The van der Waals surface area contributed by atoms with Crippen molar-refractivity contribution in [3.05, 3.63) is 53.4 Å². The highest BCUT2D eigenvalue weighted by atomic mass is 35.5. The topological polar surface area (TPSA) is 70.2 Å². The van der Waals surface area contributed by atoms with Crippen molar-refractivity contribution in [3.63, 3.8) is 0 Å². The number of rotatable bonds is 7. The summed E-state index contributed by atoms with van der Waals surface area (Å²) in [7, 11) is 0. The van der Waals surface area contributed by atoms with E-state index in [2.05, 4.69) is 10.2 Å². The van der Waals surface area contributed by atoms with Gasteiger partial charge in [0.15, 0.2) is 11.0 Å². The number of carbonyl (C=O) groups is 1. The van der Waals surface area contributed by atoms with Crippen LogP contribution >= 0.6 is 23.4 Å². The van der Waals surface area contributed by atoms with Gasteiger partial charge in [-0.1, -0.05) is 23.4 Å². The van der Waals surface area contributed by atoms with E-state index in [0.29, 0.717) is 22.5 Å². The fourth-order valence-corrected chi connectivity index (χ4v) is 3.18. The maximum atomic E-state index is 11.8. The van der Waals surface area contributed by atoms with E-state index < -0.39 is 0 Å². The van der Waals surface area contributed by atoms with Crippen LogP contribution in [0.5, 0.6) is 0 Å². The summed E-state index contributed by atoms with van der Waals surface area (Å²) >= 11 is 7.26. The quantitative estimate of drug-likeness (QED) is 0.442. The van der Waals surface area contributed by atoms with Gasteiger partial charge >= 0.3 is 5.97 Å².